The lowest BCUT2D eigenvalue weighted by atomic mass is 9.84. The van der Waals surface area contributed by atoms with E-state index in [1.165, 1.54) is 17.0 Å². The highest BCUT2D eigenvalue weighted by Gasteiger charge is 2.42. The first kappa shape index (κ1) is 18.2. The zero-order valence-corrected chi connectivity index (χ0v) is 15.4. The van der Waals surface area contributed by atoms with Gasteiger partial charge < -0.3 is 15.5 Å². The number of hydrogen-bond donors (Lipinski definition) is 2. The van der Waals surface area contributed by atoms with E-state index in [0.29, 0.717) is 25.1 Å². The summed E-state index contributed by atoms with van der Waals surface area (Å²) in [5.41, 5.74) is 2.04. The number of nitrogens with one attached hydrogen (secondary N) is 2. The first-order valence-electron chi connectivity index (χ1n) is 9.23. The van der Waals surface area contributed by atoms with E-state index in [4.69, 9.17) is 0 Å². The van der Waals surface area contributed by atoms with Crippen LogP contribution >= 0.6 is 0 Å². The summed E-state index contributed by atoms with van der Waals surface area (Å²) in [5, 5.41) is 4.99. The molecule has 28 heavy (non-hydrogen) atoms. The smallest absolute Gasteiger partial charge is 0.314 e. The van der Waals surface area contributed by atoms with Crippen molar-refractivity contribution in [3.63, 3.8) is 0 Å². The molecule has 0 saturated carbocycles. The van der Waals surface area contributed by atoms with Crippen LogP contribution in [0.15, 0.2) is 42.5 Å². The van der Waals surface area contributed by atoms with Crippen LogP contribution in [0.2, 0.25) is 0 Å². The second kappa shape index (κ2) is 7.07. The number of aryl methyl sites for hydroxylation is 1. The van der Waals surface area contributed by atoms with Gasteiger partial charge in [0.05, 0.1) is 11.7 Å². The summed E-state index contributed by atoms with van der Waals surface area (Å²) >= 11 is 0. The number of fused-ring (bicyclic) bond motifs is 1. The molecule has 2 unspecified atom stereocenters. The maximum absolute atomic E-state index is 14.3. The number of hydrogen-bond acceptors (Lipinski definition) is 3. The molecule has 1 saturated heterocycles. The Bertz CT molecular complexity index is 961. The van der Waals surface area contributed by atoms with Crippen molar-refractivity contribution in [1.82, 2.24) is 4.90 Å². The number of benzene rings is 2. The maximum Gasteiger partial charge on any atom is 0.314 e. The molecule has 0 aliphatic carbocycles. The molecular formula is C21H20FN3O3. The molecule has 2 aromatic rings. The molecule has 0 radical (unpaired) electrons. The minimum Gasteiger partial charge on any atom is -0.327 e. The Hall–Kier alpha value is -3.22. The standard InChI is InChI=1S/C21H20FN3O3/c1-12-11-25(19(12)13-5-3-2-4-6-13)21(28)20(27)24-17-9-14-7-8-18(26)23-16(14)10-15(17)22/h2-6,9-10,12,19H,7-8,11H2,1H3,(H,23,26)(H,24,27). The Morgan fingerprint density at radius 2 is 1.93 bits per heavy atom. The van der Waals surface area contributed by atoms with Gasteiger partial charge in [0.2, 0.25) is 5.91 Å². The Balaban J connectivity index is 1.50. The van der Waals surface area contributed by atoms with E-state index >= 15 is 0 Å². The molecule has 144 valence electrons. The predicted molar refractivity (Wildman–Crippen MR) is 102 cm³/mol. The average molecular weight is 381 g/mol. The Morgan fingerprint density at radius 1 is 1.18 bits per heavy atom. The highest BCUT2D eigenvalue weighted by atomic mass is 19.1. The zero-order chi connectivity index (χ0) is 19.8. The van der Waals surface area contributed by atoms with Crippen LogP contribution < -0.4 is 10.6 Å². The SMILES string of the molecule is CC1CN(C(=O)C(=O)Nc2cc3c(cc2F)NC(=O)CC3)C1c1ccccc1. The number of carbonyl (C=O) groups is 3. The average Bonchev–Trinajstić information content (AvgIpc) is 2.67. The molecule has 1 fully saturated rings. The molecule has 3 amide bonds. The van der Waals surface area contributed by atoms with Gasteiger partial charge in [0, 0.05) is 18.7 Å². The van der Waals surface area contributed by atoms with Crippen LogP contribution in [0.4, 0.5) is 15.8 Å². The van der Waals surface area contributed by atoms with Gasteiger partial charge in [-0.05, 0) is 35.6 Å². The molecule has 0 spiro atoms. The molecular weight excluding hydrogens is 361 g/mol. The fraction of sp³-hybridized carbons (Fsp3) is 0.286. The van der Waals surface area contributed by atoms with Crippen LogP contribution in [0.25, 0.3) is 0 Å². The van der Waals surface area contributed by atoms with Gasteiger partial charge in [-0.15, -0.1) is 0 Å². The number of carbonyl (C=O) groups excluding carboxylic acids is 3. The molecule has 2 N–H and O–H groups in total. The van der Waals surface area contributed by atoms with Crippen molar-refractivity contribution >= 4 is 29.1 Å². The first-order valence-corrected chi connectivity index (χ1v) is 9.23. The van der Waals surface area contributed by atoms with Crippen LogP contribution in [0, 0.1) is 11.7 Å². The number of rotatable bonds is 2. The topological polar surface area (TPSA) is 78.5 Å². The van der Waals surface area contributed by atoms with Crippen molar-refractivity contribution in [2.24, 2.45) is 5.92 Å². The van der Waals surface area contributed by atoms with Gasteiger partial charge in [-0.25, -0.2) is 4.39 Å². The van der Waals surface area contributed by atoms with E-state index in [9.17, 15) is 18.8 Å². The number of anilines is 2. The fourth-order valence-electron chi connectivity index (χ4n) is 3.87. The fourth-order valence-corrected chi connectivity index (χ4v) is 3.87. The third-order valence-electron chi connectivity index (χ3n) is 5.29. The highest BCUT2D eigenvalue weighted by Crippen LogP contribution is 2.38. The van der Waals surface area contributed by atoms with Gasteiger partial charge in [0.15, 0.2) is 0 Å². The van der Waals surface area contributed by atoms with Crippen molar-refractivity contribution < 1.29 is 18.8 Å². The van der Waals surface area contributed by atoms with Gasteiger partial charge >= 0.3 is 11.8 Å². The molecule has 7 heteroatoms. The maximum atomic E-state index is 14.3. The van der Waals surface area contributed by atoms with E-state index in [-0.39, 0.29) is 23.6 Å². The second-order valence-corrected chi connectivity index (χ2v) is 7.28. The van der Waals surface area contributed by atoms with E-state index < -0.39 is 17.6 Å². The van der Waals surface area contributed by atoms with Crippen molar-refractivity contribution in [2.45, 2.75) is 25.8 Å². The van der Waals surface area contributed by atoms with Gasteiger partial charge in [0.25, 0.3) is 0 Å². The Kier molecular flexibility index (Phi) is 4.58. The molecule has 2 atom stereocenters. The minimum absolute atomic E-state index is 0.0573. The number of nitrogens with zero attached hydrogens (tertiary/aromatic N) is 1. The summed E-state index contributed by atoms with van der Waals surface area (Å²) in [6.07, 6.45) is 0.757. The third kappa shape index (κ3) is 3.24. The number of likely N-dealkylation sites (tertiary alicyclic amines) is 1. The summed E-state index contributed by atoms with van der Waals surface area (Å²) in [6, 6.07) is 12.0. The van der Waals surface area contributed by atoms with Gasteiger partial charge in [-0.1, -0.05) is 37.3 Å². The zero-order valence-electron chi connectivity index (χ0n) is 15.4. The largest absolute Gasteiger partial charge is 0.327 e. The van der Waals surface area contributed by atoms with Crippen molar-refractivity contribution in [1.29, 1.82) is 0 Å². The number of amides is 3. The highest BCUT2D eigenvalue weighted by molar-refractivity contribution is 6.39. The van der Waals surface area contributed by atoms with Crippen LogP contribution in [0.3, 0.4) is 0 Å². The van der Waals surface area contributed by atoms with Crippen LogP contribution in [0.5, 0.6) is 0 Å². The lowest BCUT2D eigenvalue weighted by Crippen LogP contribution is -2.54. The Labute approximate surface area is 161 Å². The Morgan fingerprint density at radius 3 is 2.64 bits per heavy atom. The summed E-state index contributed by atoms with van der Waals surface area (Å²) in [5.74, 6) is -2.18. The summed E-state index contributed by atoms with van der Waals surface area (Å²) in [7, 11) is 0. The van der Waals surface area contributed by atoms with E-state index in [0.717, 1.165) is 11.1 Å². The molecule has 2 heterocycles. The van der Waals surface area contributed by atoms with Crippen LogP contribution in [-0.4, -0.2) is 29.2 Å². The first-order chi connectivity index (χ1) is 13.4. The lowest BCUT2D eigenvalue weighted by molar-refractivity contribution is -0.152. The lowest BCUT2D eigenvalue weighted by Gasteiger charge is -2.46. The van der Waals surface area contributed by atoms with E-state index in [1.807, 2.05) is 37.3 Å². The van der Waals surface area contributed by atoms with E-state index in [1.54, 1.807) is 0 Å². The quantitative estimate of drug-likeness (QED) is 0.785. The van der Waals surface area contributed by atoms with Crippen molar-refractivity contribution in [2.75, 3.05) is 17.2 Å². The van der Waals surface area contributed by atoms with Gasteiger partial charge in [-0.3, -0.25) is 14.4 Å². The molecule has 2 aliphatic rings. The molecule has 0 bridgehead atoms. The predicted octanol–water partition coefficient (Wildman–Crippen LogP) is 2.87. The van der Waals surface area contributed by atoms with Crippen molar-refractivity contribution in [3.8, 4) is 0 Å². The third-order valence-corrected chi connectivity index (χ3v) is 5.29. The summed E-state index contributed by atoms with van der Waals surface area (Å²) in [6.45, 7) is 2.50. The van der Waals surface area contributed by atoms with Gasteiger partial charge in [-0.2, -0.15) is 0 Å². The normalized spacial score (nSPS) is 20.6. The van der Waals surface area contributed by atoms with Gasteiger partial charge in [0.1, 0.15) is 5.82 Å². The number of halogens is 1. The molecule has 6 nitrogen and oxygen atoms in total. The van der Waals surface area contributed by atoms with Crippen LogP contribution in [-0.2, 0) is 20.8 Å². The van der Waals surface area contributed by atoms with Crippen molar-refractivity contribution in [3.05, 3.63) is 59.4 Å². The van der Waals surface area contributed by atoms with E-state index in [2.05, 4.69) is 10.6 Å². The summed E-state index contributed by atoms with van der Waals surface area (Å²) in [4.78, 5) is 38.0. The van der Waals surface area contributed by atoms with Crippen LogP contribution in [0.1, 0.15) is 30.5 Å². The molecule has 2 aromatic carbocycles. The molecule has 0 aromatic heterocycles. The monoisotopic (exact) mass is 381 g/mol. The minimum atomic E-state index is -0.869. The summed E-state index contributed by atoms with van der Waals surface area (Å²) < 4.78 is 14.3. The molecule has 4 rings (SSSR count). The molecule has 2 aliphatic heterocycles. The second-order valence-electron chi connectivity index (χ2n) is 7.28.